The third kappa shape index (κ3) is 4.00. The quantitative estimate of drug-likeness (QED) is 0.330. The van der Waals surface area contributed by atoms with E-state index in [4.69, 9.17) is 5.11 Å². The summed E-state index contributed by atoms with van der Waals surface area (Å²) in [5.41, 5.74) is 0. The van der Waals surface area contributed by atoms with Gasteiger partial charge in [0.05, 0.1) is 19.1 Å². The van der Waals surface area contributed by atoms with Gasteiger partial charge in [0, 0.05) is 0 Å². The van der Waals surface area contributed by atoms with Crippen molar-refractivity contribution in [1.29, 1.82) is 0 Å². The van der Waals surface area contributed by atoms with Crippen LogP contribution in [0, 0.1) is 0 Å². The molecule has 0 amide bonds. The first-order chi connectivity index (χ1) is 3.29. The van der Waals surface area contributed by atoms with E-state index in [9.17, 15) is 4.79 Å². The van der Waals surface area contributed by atoms with Crippen LogP contribution in [-0.2, 0) is 9.53 Å². The first kappa shape index (κ1) is 9.07. The van der Waals surface area contributed by atoms with Gasteiger partial charge in [0.15, 0.2) is 0 Å². The predicted molar refractivity (Wildman–Crippen MR) is 23.1 cm³/mol. The van der Waals surface area contributed by atoms with E-state index in [-0.39, 0.29) is 65.3 Å². The first-order valence-electron chi connectivity index (χ1n) is 2.12. The van der Waals surface area contributed by atoms with Gasteiger partial charge in [0.1, 0.15) is 0 Å². The number of epoxide rings is 1. The van der Waals surface area contributed by atoms with Crippen LogP contribution >= 0.6 is 0 Å². The van der Waals surface area contributed by atoms with Gasteiger partial charge in [-0.1, -0.05) is 0 Å². The van der Waals surface area contributed by atoms with E-state index in [1.165, 1.54) is 0 Å². The smallest absolute Gasteiger partial charge is 1.00 e. The number of carboxylic acid groups (broad SMARTS) is 1. The number of rotatable bonds is 2. The zero-order chi connectivity index (χ0) is 5.28. The number of carboxylic acids is 1. The maximum atomic E-state index is 9.77. The molecule has 0 bridgehead atoms. The van der Waals surface area contributed by atoms with Gasteiger partial charge in [-0.3, -0.25) is 4.79 Å². The van der Waals surface area contributed by atoms with Crippen molar-refractivity contribution in [2.45, 2.75) is 12.5 Å². The molecule has 1 rings (SSSR count). The Balaban J connectivity index is 0. The molecule has 1 aliphatic heterocycles. The number of carbonyl (C=O) groups is 1. The van der Waals surface area contributed by atoms with Gasteiger partial charge in [0.2, 0.25) is 0 Å². The topological polar surface area (TPSA) is 49.8 Å². The number of aliphatic carboxylic acids is 1. The van der Waals surface area contributed by atoms with Crippen LogP contribution in [0.3, 0.4) is 0 Å². The molecule has 1 fully saturated rings. The minimum atomic E-state index is -0.775. The van der Waals surface area contributed by atoms with E-state index in [0.29, 0.717) is 6.61 Å². The van der Waals surface area contributed by atoms with Crippen molar-refractivity contribution in [2.24, 2.45) is 0 Å². The normalized spacial score (nSPS) is 23.8. The second-order valence-corrected chi connectivity index (χ2v) is 1.55. The van der Waals surface area contributed by atoms with Gasteiger partial charge in [-0.05, 0) is 0 Å². The molecule has 0 unspecified atom stereocenters. The Morgan fingerprint density at radius 2 is 2.50 bits per heavy atom. The predicted octanol–water partition coefficient (Wildman–Crippen LogP) is -3.02. The molecule has 4 heteroatoms. The van der Waals surface area contributed by atoms with Crippen molar-refractivity contribution in [2.75, 3.05) is 6.61 Å². The fraction of sp³-hybridized carbons (Fsp3) is 0.750. The average Bonchev–Trinajstić information content (AvgIpc) is 2.17. The zero-order valence-electron chi connectivity index (χ0n) is 5.76. The summed E-state index contributed by atoms with van der Waals surface area (Å²) in [4.78, 5) is 9.77. The summed E-state index contributed by atoms with van der Waals surface area (Å²) in [5.74, 6) is -0.775. The largest absolute Gasteiger partial charge is 1.00 e. The van der Waals surface area contributed by atoms with Crippen LogP contribution in [0.5, 0.6) is 0 Å². The molecular weight excluding hydrogens is 135 g/mol. The van der Waals surface area contributed by atoms with Crippen molar-refractivity contribution in [1.82, 2.24) is 0 Å². The molecule has 1 N–H and O–H groups in total. The van der Waals surface area contributed by atoms with Gasteiger partial charge in [-0.15, -0.1) is 0 Å². The second kappa shape index (κ2) is 3.97. The van der Waals surface area contributed by atoms with Crippen LogP contribution in [0.15, 0.2) is 0 Å². The summed E-state index contributed by atoms with van der Waals surface area (Å²) in [5, 5.41) is 8.04. The third-order valence-electron chi connectivity index (χ3n) is 0.805. The Morgan fingerprint density at radius 1 is 2.00 bits per heavy atom. The molecule has 0 radical (unpaired) electrons. The molecule has 3 nitrogen and oxygen atoms in total. The molecule has 0 aromatic rings. The van der Waals surface area contributed by atoms with E-state index in [1.54, 1.807) is 0 Å². The Labute approximate surface area is 91.3 Å². The van der Waals surface area contributed by atoms with Crippen LogP contribution in [-0.4, -0.2) is 23.8 Å². The van der Waals surface area contributed by atoms with E-state index >= 15 is 0 Å². The maximum Gasteiger partial charge on any atom is 1.00 e. The maximum absolute atomic E-state index is 9.77. The van der Waals surface area contributed by atoms with Crippen LogP contribution in [0.25, 0.3) is 0 Å². The second-order valence-electron chi connectivity index (χ2n) is 1.55. The van der Waals surface area contributed by atoms with E-state index in [2.05, 4.69) is 4.74 Å². The summed E-state index contributed by atoms with van der Waals surface area (Å²) in [7, 11) is 0. The zero-order valence-corrected chi connectivity index (χ0v) is 7.88. The molecule has 0 aromatic carbocycles. The van der Waals surface area contributed by atoms with E-state index < -0.39 is 5.97 Å². The molecule has 0 spiro atoms. The Kier molecular flexibility index (Phi) is 4.50. The molecule has 0 saturated carbocycles. The van der Waals surface area contributed by atoms with Crippen molar-refractivity contribution >= 4 is 5.97 Å². The van der Waals surface area contributed by atoms with Crippen LogP contribution < -0.4 is 51.4 Å². The summed E-state index contributed by atoms with van der Waals surface area (Å²) < 4.78 is 4.64. The Morgan fingerprint density at radius 3 is 2.62 bits per heavy atom. The van der Waals surface area contributed by atoms with Gasteiger partial charge in [-0.2, -0.15) is 0 Å². The summed E-state index contributed by atoms with van der Waals surface area (Å²) in [6, 6.07) is 0. The number of hydrogen-bond donors (Lipinski definition) is 1. The van der Waals surface area contributed by atoms with Crippen LogP contribution in [0.4, 0.5) is 0 Å². The van der Waals surface area contributed by atoms with Crippen molar-refractivity contribution < 1.29 is 67.4 Å². The Hall–Kier alpha value is 1.07. The van der Waals surface area contributed by atoms with Crippen molar-refractivity contribution in [3.8, 4) is 0 Å². The van der Waals surface area contributed by atoms with E-state index in [0.717, 1.165) is 0 Å². The number of hydrogen-bond acceptors (Lipinski definition) is 2. The molecule has 0 aromatic heterocycles. The first-order valence-corrected chi connectivity index (χ1v) is 2.12. The molecule has 0 aliphatic carbocycles. The minimum Gasteiger partial charge on any atom is -1.00 e. The molecule has 8 heavy (non-hydrogen) atoms. The molecule has 1 saturated heterocycles. The molecular formula is C4H7KO3. The van der Waals surface area contributed by atoms with Crippen molar-refractivity contribution in [3.63, 3.8) is 0 Å². The molecule has 1 heterocycles. The van der Waals surface area contributed by atoms with Crippen molar-refractivity contribution in [3.05, 3.63) is 0 Å². The van der Waals surface area contributed by atoms with Gasteiger partial charge < -0.3 is 11.3 Å². The Bertz CT molecular complexity index is 93.8. The standard InChI is InChI=1S/C4H6O3.K.H/c5-4(6)1-3-2-7-3;;/h3H,1-2H2,(H,5,6);;/q;+1;-1/t3-;;/m0../s1. The molecule has 42 valence electrons. The summed E-state index contributed by atoms with van der Waals surface area (Å²) in [6.07, 6.45) is 0.192. The van der Waals surface area contributed by atoms with Gasteiger partial charge >= 0.3 is 57.4 Å². The fourth-order valence-electron chi connectivity index (χ4n) is 0.381. The fourth-order valence-corrected chi connectivity index (χ4v) is 0.381. The van der Waals surface area contributed by atoms with Gasteiger partial charge in [-0.25, -0.2) is 0 Å². The minimum absolute atomic E-state index is 0. The average molecular weight is 142 g/mol. The van der Waals surface area contributed by atoms with Gasteiger partial charge in [0.25, 0.3) is 0 Å². The van der Waals surface area contributed by atoms with Crippen LogP contribution in [0.2, 0.25) is 0 Å². The monoisotopic (exact) mass is 142 g/mol. The molecule has 1 atom stereocenters. The third-order valence-corrected chi connectivity index (χ3v) is 0.805. The van der Waals surface area contributed by atoms with E-state index in [1.807, 2.05) is 0 Å². The summed E-state index contributed by atoms with van der Waals surface area (Å²) >= 11 is 0. The van der Waals surface area contributed by atoms with Crippen LogP contribution in [0.1, 0.15) is 7.85 Å². The SMILES string of the molecule is O=C(O)C[C@H]1CO1.[H-].[K+]. The summed E-state index contributed by atoms with van der Waals surface area (Å²) in [6.45, 7) is 0.631. The number of ether oxygens (including phenoxy) is 1. The molecule has 1 aliphatic rings.